The second-order valence-electron chi connectivity index (χ2n) is 3.39. The van der Waals surface area contributed by atoms with Gasteiger partial charge in [-0.15, -0.1) is 0 Å². The summed E-state index contributed by atoms with van der Waals surface area (Å²) in [7, 11) is 0. The van der Waals surface area contributed by atoms with E-state index < -0.39 is 0 Å². The predicted molar refractivity (Wildman–Crippen MR) is 53.2 cm³/mol. The van der Waals surface area contributed by atoms with Crippen molar-refractivity contribution in [2.24, 2.45) is 11.7 Å². The Balaban J connectivity index is 3.24. The highest BCUT2D eigenvalue weighted by Crippen LogP contribution is 2.10. The van der Waals surface area contributed by atoms with E-state index in [1.54, 1.807) is 0 Å². The van der Waals surface area contributed by atoms with Gasteiger partial charge in [-0.05, 0) is 25.7 Å². The van der Waals surface area contributed by atoms with Gasteiger partial charge < -0.3 is 10.5 Å². The van der Waals surface area contributed by atoms with Crippen molar-refractivity contribution in [3.05, 3.63) is 0 Å². The molecule has 2 nitrogen and oxygen atoms in total. The van der Waals surface area contributed by atoms with Gasteiger partial charge in [0.25, 0.3) is 0 Å². The molecule has 0 saturated carbocycles. The van der Waals surface area contributed by atoms with Gasteiger partial charge >= 0.3 is 0 Å². The maximum atomic E-state index is 5.95. The molecule has 2 unspecified atom stereocenters. The van der Waals surface area contributed by atoms with Crippen molar-refractivity contribution in [1.82, 2.24) is 0 Å². The topological polar surface area (TPSA) is 35.2 Å². The van der Waals surface area contributed by atoms with E-state index in [0.29, 0.717) is 12.0 Å². The highest BCUT2D eigenvalue weighted by molar-refractivity contribution is 4.67. The van der Waals surface area contributed by atoms with Crippen LogP contribution in [0.2, 0.25) is 0 Å². The minimum absolute atomic E-state index is 0.357. The van der Waals surface area contributed by atoms with Crippen LogP contribution >= 0.6 is 0 Å². The Hall–Kier alpha value is -0.0800. The third-order valence-corrected chi connectivity index (χ3v) is 2.41. The molecular weight excluding hydrogens is 150 g/mol. The average Bonchev–Trinajstić information content (AvgIpc) is 2.10. The molecular formula is C10H23NO. The van der Waals surface area contributed by atoms with E-state index in [-0.39, 0.29) is 0 Å². The summed E-state index contributed by atoms with van der Waals surface area (Å²) in [6.45, 7) is 8.10. The Bertz CT molecular complexity index is 95.8. The second-order valence-corrected chi connectivity index (χ2v) is 3.39. The van der Waals surface area contributed by atoms with Gasteiger partial charge in [-0.3, -0.25) is 0 Å². The molecule has 0 aliphatic rings. The first-order chi connectivity index (χ1) is 5.72. The van der Waals surface area contributed by atoms with Crippen molar-refractivity contribution in [2.45, 2.75) is 46.1 Å². The summed E-state index contributed by atoms with van der Waals surface area (Å²) in [6.07, 6.45) is 3.37. The summed E-state index contributed by atoms with van der Waals surface area (Å²) in [5, 5.41) is 0. The number of hydrogen-bond donors (Lipinski definition) is 1. The van der Waals surface area contributed by atoms with Crippen molar-refractivity contribution in [3.63, 3.8) is 0 Å². The van der Waals surface area contributed by atoms with E-state index in [2.05, 4.69) is 13.8 Å². The number of hydrogen-bond acceptors (Lipinski definition) is 2. The Morgan fingerprint density at radius 2 is 2.00 bits per heavy atom. The fraction of sp³-hybridized carbons (Fsp3) is 1.00. The monoisotopic (exact) mass is 173 g/mol. The fourth-order valence-electron chi connectivity index (χ4n) is 1.15. The molecule has 74 valence electrons. The summed E-state index contributed by atoms with van der Waals surface area (Å²) < 4.78 is 5.24. The Labute approximate surface area is 76.5 Å². The van der Waals surface area contributed by atoms with Crippen molar-refractivity contribution < 1.29 is 4.74 Å². The molecule has 0 aliphatic heterocycles. The summed E-state index contributed by atoms with van der Waals surface area (Å²) in [6, 6.07) is 0.357. The van der Waals surface area contributed by atoms with Crippen molar-refractivity contribution in [1.29, 1.82) is 0 Å². The molecule has 0 amide bonds. The van der Waals surface area contributed by atoms with Crippen LogP contribution in [-0.4, -0.2) is 19.3 Å². The predicted octanol–water partition coefficient (Wildman–Crippen LogP) is 2.18. The maximum Gasteiger partial charge on any atom is 0.0466 e. The van der Waals surface area contributed by atoms with Crippen LogP contribution in [0, 0.1) is 5.92 Å². The van der Waals surface area contributed by atoms with Crippen LogP contribution in [0.25, 0.3) is 0 Å². The van der Waals surface area contributed by atoms with Crippen LogP contribution < -0.4 is 5.73 Å². The molecule has 2 heteroatoms. The lowest BCUT2D eigenvalue weighted by Gasteiger charge is -2.17. The van der Waals surface area contributed by atoms with Crippen molar-refractivity contribution in [2.75, 3.05) is 13.2 Å². The van der Waals surface area contributed by atoms with Gasteiger partial charge in [-0.1, -0.05) is 20.3 Å². The molecule has 0 spiro atoms. The molecule has 0 heterocycles. The van der Waals surface area contributed by atoms with Gasteiger partial charge in [0.05, 0.1) is 0 Å². The third-order valence-electron chi connectivity index (χ3n) is 2.41. The number of nitrogens with two attached hydrogens (primary N) is 1. The summed E-state index contributed by atoms with van der Waals surface area (Å²) in [5.41, 5.74) is 5.95. The zero-order chi connectivity index (χ0) is 9.40. The first-order valence-electron chi connectivity index (χ1n) is 5.05. The quantitative estimate of drug-likeness (QED) is 0.599. The molecule has 0 radical (unpaired) electrons. The van der Waals surface area contributed by atoms with Crippen LogP contribution in [0.1, 0.15) is 40.0 Å². The fourth-order valence-corrected chi connectivity index (χ4v) is 1.15. The molecule has 0 aromatic heterocycles. The smallest absolute Gasteiger partial charge is 0.0466 e. The lowest BCUT2D eigenvalue weighted by Crippen LogP contribution is -2.28. The number of rotatable bonds is 7. The molecule has 0 bridgehead atoms. The van der Waals surface area contributed by atoms with E-state index in [1.165, 1.54) is 6.42 Å². The van der Waals surface area contributed by atoms with Gasteiger partial charge in [0.15, 0.2) is 0 Å². The molecule has 0 aliphatic carbocycles. The summed E-state index contributed by atoms with van der Waals surface area (Å²) >= 11 is 0. The van der Waals surface area contributed by atoms with Gasteiger partial charge in [-0.25, -0.2) is 0 Å². The van der Waals surface area contributed by atoms with E-state index in [9.17, 15) is 0 Å². The van der Waals surface area contributed by atoms with Gasteiger partial charge in [0.2, 0.25) is 0 Å². The van der Waals surface area contributed by atoms with E-state index in [4.69, 9.17) is 10.5 Å². The van der Waals surface area contributed by atoms with Crippen LogP contribution in [0.4, 0.5) is 0 Å². The molecule has 0 aromatic rings. The van der Waals surface area contributed by atoms with Crippen LogP contribution in [0.15, 0.2) is 0 Å². The molecule has 2 N–H and O–H groups in total. The summed E-state index contributed by atoms with van der Waals surface area (Å²) in [4.78, 5) is 0. The zero-order valence-corrected chi connectivity index (χ0v) is 8.68. The molecule has 0 rings (SSSR count). The van der Waals surface area contributed by atoms with Gasteiger partial charge in [0, 0.05) is 19.3 Å². The Morgan fingerprint density at radius 3 is 2.50 bits per heavy atom. The Kier molecular flexibility index (Phi) is 7.51. The average molecular weight is 173 g/mol. The highest BCUT2D eigenvalue weighted by Gasteiger charge is 2.09. The second kappa shape index (κ2) is 7.56. The SMILES string of the molecule is CCOCCCC(N)C(C)CC. The van der Waals surface area contributed by atoms with Crippen LogP contribution in [-0.2, 0) is 4.74 Å². The van der Waals surface area contributed by atoms with Crippen molar-refractivity contribution in [3.8, 4) is 0 Å². The molecule has 0 fully saturated rings. The lowest BCUT2D eigenvalue weighted by molar-refractivity contribution is 0.140. The van der Waals surface area contributed by atoms with E-state index in [0.717, 1.165) is 26.1 Å². The largest absolute Gasteiger partial charge is 0.382 e. The standard InChI is InChI=1S/C10H23NO/c1-4-9(3)10(11)7-6-8-12-5-2/h9-10H,4-8,11H2,1-3H3. The highest BCUT2D eigenvalue weighted by atomic mass is 16.5. The van der Waals surface area contributed by atoms with Crippen LogP contribution in [0.3, 0.4) is 0 Å². The number of ether oxygens (including phenoxy) is 1. The van der Waals surface area contributed by atoms with Gasteiger partial charge in [-0.2, -0.15) is 0 Å². The maximum absolute atomic E-state index is 5.95. The first kappa shape index (κ1) is 11.9. The van der Waals surface area contributed by atoms with Crippen molar-refractivity contribution >= 4 is 0 Å². The minimum atomic E-state index is 0.357. The molecule has 0 saturated heterocycles. The Morgan fingerprint density at radius 1 is 1.33 bits per heavy atom. The molecule has 12 heavy (non-hydrogen) atoms. The molecule has 2 atom stereocenters. The minimum Gasteiger partial charge on any atom is -0.382 e. The van der Waals surface area contributed by atoms with E-state index >= 15 is 0 Å². The first-order valence-corrected chi connectivity index (χ1v) is 5.05. The zero-order valence-electron chi connectivity index (χ0n) is 8.68. The third kappa shape index (κ3) is 5.56. The molecule has 0 aromatic carbocycles. The normalized spacial score (nSPS) is 16.0. The lowest BCUT2D eigenvalue weighted by atomic mass is 9.96. The van der Waals surface area contributed by atoms with Crippen LogP contribution in [0.5, 0.6) is 0 Å². The van der Waals surface area contributed by atoms with E-state index in [1.807, 2.05) is 6.92 Å². The van der Waals surface area contributed by atoms with Gasteiger partial charge in [0.1, 0.15) is 0 Å². The summed E-state index contributed by atoms with van der Waals surface area (Å²) in [5.74, 6) is 0.645.